The number of halogens is 1. The van der Waals surface area contributed by atoms with E-state index in [9.17, 15) is 4.79 Å². The Hall–Kier alpha value is -0.870. The van der Waals surface area contributed by atoms with Crippen LogP contribution in [0.1, 0.15) is 23.6 Å². The number of hydrogen-bond acceptors (Lipinski definition) is 3. The van der Waals surface area contributed by atoms with Gasteiger partial charge in [-0.05, 0) is 24.1 Å². The lowest BCUT2D eigenvalue weighted by molar-refractivity contribution is -0.141. The van der Waals surface area contributed by atoms with Crippen LogP contribution in [0.3, 0.4) is 0 Å². The molecule has 0 saturated carbocycles. The van der Waals surface area contributed by atoms with Crippen molar-refractivity contribution >= 4 is 21.9 Å². The Morgan fingerprint density at radius 3 is 2.80 bits per heavy atom. The molecule has 0 heterocycles. The van der Waals surface area contributed by atoms with Gasteiger partial charge in [-0.15, -0.1) is 0 Å². The van der Waals surface area contributed by atoms with Crippen molar-refractivity contribution in [3.8, 4) is 0 Å². The quantitative estimate of drug-likeness (QED) is 0.859. The molecule has 0 radical (unpaired) electrons. The van der Waals surface area contributed by atoms with E-state index in [4.69, 9.17) is 5.73 Å². The predicted octanol–water partition coefficient (Wildman–Crippen LogP) is 2.32. The summed E-state index contributed by atoms with van der Waals surface area (Å²) in [7, 11) is 1.36. The predicted molar refractivity (Wildman–Crippen MR) is 62.4 cm³/mol. The first-order valence-electron chi connectivity index (χ1n) is 4.63. The molecule has 0 fully saturated rings. The number of rotatable bonds is 3. The van der Waals surface area contributed by atoms with Crippen LogP contribution in [0.2, 0.25) is 0 Å². The third-order valence-corrected chi connectivity index (χ3v) is 3.09. The number of aryl methyl sites for hydroxylation is 1. The van der Waals surface area contributed by atoms with Gasteiger partial charge >= 0.3 is 5.97 Å². The van der Waals surface area contributed by atoms with Crippen LogP contribution in [0.15, 0.2) is 22.7 Å². The summed E-state index contributed by atoms with van der Waals surface area (Å²) in [5.74, 6) is -0.292. The Balaban J connectivity index is 2.78. The Morgan fingerprint density at radius 2 is 2.27 bits per heavy atom. The number of methoxy groups -OCH3 is 1. The number of hydrogen-bond donors (Lipinski definition) is 1. The van der Waals surface area contributed by atoms with E-state index in [-0.39, 0.29) is 18.4 Å². The number of carbonyl (C=O) groups excluding carboxylic acids is 1. The monoisotopic (exact) mass is 271 g/mol. The molecule has 0 aliphatic rings. The second-order valence-corrected chi connectivity index (χ2v) is 4.25. The Bertz CT molecular complexity index is 366. The first kappa shape index (κ1) is 12.2. The van der Waals surface area contributed by atoms with Crippen molar-refractivity contribution in [3.63, 3.8) is 0 Å². The maximum Gasteiger partial charge on any atom is 0.307 e. The molecular weight excluding hydrogens is 258 g/mol. The van der Waals surface area contributed by atoms with Crippen molar-refractivity contribution in [1.29, 1.82) is 0 Å². The normalized spacial score (nSPS) is 12.3. The van der Waals surface area contributed by atoms with Gasteiger partial charge in [0.15, 0.2) is 0 Å². The highest BCUT2D eigenvalue weighted by molar-refractivity contribution is 9.10. The highest BCUT2D eigenvalue weighted by atomic mass is 79.9. The number of carbonyl (C=O) groups is 1. The van der Waals surface area contributed by atoms with Gasteiger partial charge in [0.05, 0.1) is 13.5 Å². The van der Waals surface area contributed by atoms with E-state index in [2.05, 4.69) is 20.7 Å². The smallest absolute Gasteiger partial charge is 0.307 e. The lowest BCUT2D eigenvalue weighted by Gasteiger charge is -2.11. The second kappa shape index (κ2) is 5.28. The topological polar surface area (TPSA) is 52.3 Å². The molecule has 15 heavy (non-hydrogen) atoms. The molecule has 0 saturated heterocycles. The van der Waals surface area contributed by atoms with Crippen molar-refractivity contribution in [2.45, 2.75) is 19.4 Å². The Morgan fingerprint density at radius 1 is 1.60 bits per heavy atom. The molecule has 82 valence electrons. The zero-order valence-electron chi connectivity index (χ0n) is 8.79. The van der Waals surface area contributed by atoms with E-state index in [1.54, 1.807) is 0 Å². The SMILES string of the molecule is COC(=O)C[C@H](N)c1ccc(C)c(Br)c1. The van der Waals surface area contributed by atoms with Crippen LogP contribution >= 0.6 is 15.9 Å². The second-order valence-electron chi connectivity index (χ2n) is 3.40. The van der Waals surface area contributed by atoms with Crippen molar-refractivity contribution < 1.29 is 9.53 Å². The first-order valence-corrected chi connectivity index (χ1v) is 5.42. The average Bonchev–Trinajstić information content (AvgIpc) is 2.21. The fourth-order valence-electron chi connectivity index (χ4n) is 1.22. The Kier molecular flexibility index (Phi) is 4.29. The largest absolute Gasteiger partial charge is 0.469 e. The van der Waals surface area contributed by atoms with Crippen molar-refractivity contribution in [1.82, 2.24) is 0 Å². The van der Waals surface area contributed by atoms with E-state index in [1.165, 1.54) is 7.11 Å². The minimum Gasteiger partial charge on any atom is -0.469 e. The molecule has 1 aromatic rings. The maximum atomic E-state index is 11.0. The van der Waals surface area contributed by atoms with Crippen LogP contribution in [0.4, 0.5) is 0 Å². The molecule has 0 spiro atoms. The summed E-state index contributed by atoms with van der Waals surface area (Å²) >= 11 is 3.43. The minimum atomic E-state index is -0.311. The van der Waals surface area contributed by atoms with Crippen LogP contribution < -0.4 is 5.73 Å². The number of esters is 1. The summed E-state index contributed by atoms with van der Waals surface area (Å²) in [6, 6.07) is 5.52. The fourth-order valence-corrected chi connectivity index (χ4v) is 1.62. The number of benzene rings is 1. The molecule has 0 unspecified atom stereocenters. The summed E-state index contributed by atoms with van der Waals surface area (Å²) in [6.07, 6.45) is 0.200. The van der Waals surface area contributed by atoms with Gasteiger partial charge in [-0.1, -0.05) is 28.1 Å². The molecular formula is C11H14BrNO2. The standard InChI is InChI=1S/C11H14BrNO2/c1-7-3-4-8(5-9(7)12)10(13)6-11(14)15-2/h3-5,10H,6,13H2,1-2H3/t10-/m0/s1. The van der Waals surface area contributed by atoms with E-state index >= 15 is 0 Å². The molecule has 2 N–H and O–H groups in total. The van der Waals surface area contributed by atoms with Crippen molar-refractivity contribution in [2.75, 3.05) is 7.11 Å². The zero-order valence-corrected chi connectivity index (χ0v) is 10.4. The highest BCUT2D eigenvalue weighted by Crippen LogP contribution is 2.22. The molecule has 0 aliphatic heterocycles. The number of nitrogens with two attached hydrogens (primary N) is 1. The fraction of sp³-hybridized carbons (Fsp3) is 0.364. The van der Waals surface area contributed by atoms with Crippen molar-refractivity contribution in [3.05, 3.63) is 33.8 Å². The highest BCUT2D eigenvalue weighted by Gasteiger charge is 2.12. The van der Waals surface area contributed by atoms with E-state index in [1.807, 2.05) is 25.1 Å². The number of ether oxygens (including phenoxy) is 1. The molecule has 4 heteroatoms. The van der Waals surface area contributed by atoms with Gasteiger partial charge in [-0.3, -0.25) is 4.79 Å². The molecule has 0 aliphatic carbocycles. The zero-order chi connectivity index (χ0) is 11.4. The minimum absolute atomic E-state index is 0.200. The molecule has 3 nitrogen and oxygen atoms in total. The van der Waals surface area contributed by atoms with Crippen LogP contribution in [0, 0.1) is 6.92 Å². The van der Waals surface area contributed by atoms with E-state index in [0.29, 0.717) is 0 Å². The van der Waals surface area contributed by atoms with Crippen LogP contribution in [-0.4, -0.2) is 13.1 Å². The van der Waals surface area contributed by atoms with Gasteiger partial charge < -0.3 is 10.5 Å². The van der Waals surface area contributed by atoms with Gasteiger partial charge in [0.2, 0.25) is 0 Å². The lowest BCUT2D eigenvalue weighted by Crippen LogP contribution is -2.16. The van der Waals surface area contributed by atoms with Crippen LogP contribution in [0.25, 0.3) is 0 Å². The molecule has 0 bridgehead atoms. The summed E-state index contributed by atoms with van der Waals surface area (Å²) < 4.78 is 5.57. The van der Waals surface area contributed by atoms with Gasteiger partial charge in [-0.2, -0.15) is 0 Å². The molecule has 1 aromatic carbocycles. The van der Waals surface area contributed by atoms with Gasteiger partial charge in [0.1, 0.15) is 0 Å². The first-order chi connectivity index (χ1) is 7.04. The van der Waals surface area contributed by atoms with E-state index in [0.717, 1.165) is 15.6 Å². The van der Waals surface area contributed by atoms with Gasteiger partial charge in [0.25, 0.3) is 0 Å². The maximum absolute atomic E-state index is 11.0. The molecule has 0 amide bonds. The molecule has 0 aromatic heterocycles. The van der Waals surface area contributed by atoms with Crippen molar-refractivity contribution in [2.24, 2.45) is 5.73 Å². The van der Waals surface area contributed by atoms with Gasteiger partial charge in [-0.25, -0.2) is 0 Å². The summed E-state index contributed by atoms with van der Waals surface area (Å²) in [6.45, 7) is 2.00. The third kappa shape index (κ3) is 3.32. The summed E-state index contributed by atoms with van der Waals surface area (Å²) in [4.78, 5) is 11.0. The van der Waals surface area contributed by atoms with Gasteiger partial charge in [0, 0.05) is 10.5 Å². The average molecular weight is 272 g/mol. The van der Waals surface area contributed by atoms with Crippen LogP contribution in [-0.2, 0) is 9.53 Å². The molecule has 1 rings (SSSR count). The van der Waals surface area contributed by atoms with E-state index < -0.39 is 0 Å². The summed E-state index contributed by atoms with van der Waals surface area (Å²) in [5, 5.41) is 0. The summed E-state index contributed by atoms with van der Waals surface area (Å²) in [5.41, 5.74) is 7.94. The Labute approximate surface area is 97.7 Å². The van der Waals surface area contributed by atoms with Crippen LogP contribution in [0.5, 0.6) is 0 Å². The molecule has 1 atom stereocenters. The lowest BCUT2D eigenvalue weighted by atomic mass is 10.0. The third-order valence-electron chi connectivity index (χ3n) is 2.24.